The number of aromatic nitrogens is 2. The molecule has 0 aliphatic heterocycles. The lowest BCUT2D eigenvalue weighted by molar-refractivity contribution is -0.133. The lowest BCUT2D eigenvalue weighted by Gasteiger charge is -2.22. The van der Waals surface area contributed by atoms with Gasteiger partial charge in [0.1, 0.15) is 11.5 Å². The van der Waals surface area contributed by atoms with Gasteiger partial charge in [0.05, 0.1) is 6.61 Å². The predicted molar refractivity (Wildman–Crippen MR) is 185 cm³/mol. The topological polar surface area (TPSA) is 226 Å². The van der Waals surface area contributed by atoms with Crippen molar-refractivity contribution in [2.24, 2.45) is 23.3 Å². The van der Waals surface area contributed by atoms with Crippen LogP contribution in [0.2, 0.25) is 0 Å². The Kier molecular flexibility index (Phi) is 17.4. The molecule has 14 heteroatoms. The van der Waals surface area contributed by atoms with Crippen molar-refractivity contribution in [3.8, 4) is 0 Å². The van der Waals surface area contributed by atoms with Gasteiger partial charge in [0.15, 0.2) is 23.2 Å². The Morgan fingerprint density at radius 1 is 0.760 bits per heavy atom. The third-order valence-corrected chi connectivity index (χ3v) is 9.89. The van der Waals surface area contributed by atoms with Crippen molar-refractivity contribution in [3.05, 3.63) is 34.7 Å². The minimum Gasteiger partial charge on any atom is -0.445 e. The third kappa shape index (κ3) is 13.5. The number of hydrogen-bond donors (Lipinski definition) is 5. The van der Waals surface area contributed by atoms with Crippen molar-refractivity contribution < 1.29 is 38.1 Å². The number of rotatable bonds is 18. The molecule has 0 radical (unpaired) electrons. The number of carbonyl (C=O) groups is 4. The van der Waals surface area contributed by atoms with Crippen LogP contribution < -0.4 is 22.4 Å². The number of oxazole rings is 2. The molecule has 0 spiro atoms. The summed E-state index contributed by atoms with van der Waals surface area (Å²) in [5.74, 6) is 0.632. The number of primary amides is 2. The fraction of sp³-hybridized carbons (Fsp3) is 0.722. The van der Waals surface area contributed by atoms with E-state index in [-0.39, 0.29) is 42.0 Å². The number of amides is 4. The van der Waals surface area contributed by atoms with E-state index in [2.05, 4.69) is 15.4 Å². The molecule has 50 heavy (non-hydrogen) atoms. The number of nitrogens with one attached hydrogen (secondary N) is 2. The van der Waals surface area contributed by atoms with Crippen LogP contribution in [0.4, 0.5) is 0 Å². The van der Waals surface area contributed by atoms with E-state index in [1.165, 1.54) is 64.2 Å². The zero-order valence-electron chi connectivity index (χ0n) is 30.1. The molecule has 0 aromatic carbocycles. The highest BCUT2D eigenvalue weighted by atomic mass is 16.6. The van der Waals surface area contributed by atoms with Gasteiger partial charge in [-0.2, -0.15) is 0 Å². The highest BCUT2D eigenvalue weighted by Crippen LogP contribution is 2.33. The average molecular weight is 703 g/mol. The number of carbonyl (C=O) groups excluding carboxylic acids is 4. The Balaban J connectivity index is 0.000000271. The number of hydroxylamine groups is 2. The van der Waals surface area contributed by atoms with Gasteiger partial charge in [-0.25, -0.2) is 20.9 Å². The standard InChI is InChI=1S/C19H31N3O4.C17H27N3O4/c1-3-25-22-16(23)12-15(11-7-10-14-8-5-4-6-9-14)19-21-17(18(20)24)13(2)26-19;1-11-15(16(18)22)19-17(24-11)13(10-14(21)20-23)9-5-8-12-6-3-2-4-7-12/h14-15H,3-12H2,1-2H3,(H2,20,24)(H,22,23);12-13,23H,2-10H2,1H3,(H2,18,22)(H,20,21)/t15-;13-/m11/s1. The van der Waals surface area contributed by atoms with Crippen LogP contribution >= 0.6 is 0 Å². The Bertz CT molecular complexity index is 1360. The first kappa shape index (κ1) is 40.6. The van der Waals surface area contributed by atoms with Crippen molar-refractivity contribution in [1.29, 1.82) is 0 Å². The Hall–Kier alpha value is -3.78. The highest BCUT2D eigenvalue weighted by Gasteiger charge is 2.26. The first-order valence-corrected chi connectivity index (χ1v) is 18.4. The van der Waals surface area contributed by atoms with Crippen LogP contribution in [0.5, 0.6) is 0 Å². The van der Waals surface area contributed by atoms with Crippen LogP contribution in [0.15, 0.2) is 8.83 Å². The van der Waals surface area contributed by atoms with Crippen LogP contribution in [0.3, 0.4) is 0 Å². The van der Waals surface area contributed by atoms with Crippen molar-refractivity contribution in [3.63, 3.8) is 0 Å². The third-order valence-electron chi connectivity index (χ3n) is 9.89. The molecule has 2 aromatic heterocycles. The Labute approximate surface area is 295 Å². The van der Waals surface area contributed by atoms with Gasteiger partial charge in [0, 0.05) is 24.7 Å². The van der Waals surface area contributed by atoms with Crippen LogP contribution in [0.25, 0.3) is 0 Å². The molecule has 2 saturated carbocycles. The summed E-state index contributed by atoms with van der Waals surface area (Å²) < 4.78 is 11.2. The molecular formula is C36H58N6O8. The zero-order chi connectivity index (χ0) is 36.5. The molecular weight excluding hydrogens is 644 g/mol. The maximum absolute atomic E-state index is 12.1. The van der Waals surface area contributed by atoms with Crippen LogP contribution in [0, 0.1) is 25.7 Å². The molecule has 2 heterocycles. The molecule has 0 unspecified atom stereocenters. The van der Waals surface area contributed by atoms with Gasteiger partial charge in [0.25, 0.3) is 11.8 Å². The van der Waals surface area contributed by atoms with E-state index >= 15 is 0 Å². The van der Waals surface area contributed by atoms with Crippen LogP contribution in [-0.4, -0.2) is 45.4 Å². The minimum absolute atomic E-state index is 0.0688. The summed E-state index contributed by atoms with van der Waals surface area (Å²) in [4.78, 5) is 59.8. The van der Waals surface area contributed by atoms with Gasteiger partial charge in [-0.1, -0.05) is 89.9 Å². The van der Waals surface area contributed by atoms with Gasteiger partial charge in [-0.3, -0.25) is 29.2 Å². The maximum Gasteiger partial charge on any atom is 0.270 e. The molecule has 2 atom stereocenters. The first-order valence-electron chi connectivity index (χ1n) is 18.4. The summed E-state index contributed by atoms with van der Waals surface area (Å²) in [7, 11) is 0. The molecule has 4 rings (SSSR count). The van der Waals surface area contributed by atoms with E-state index in [4.69, 9.17) is 30.3 Å². The molecule has 7 N–H and O–H groups in total. The summed E-state index contributed by atoms with van der Waals surface area (Å²) in [6.45, 7) is 5.50. The normalized spacial score (nSPS) is 16.6. The van der Waals surface area contributed by atoms with Crippen molar-refractivity contribution >= 4 is 23.6 Å². The fourth-order valence-corrected chi connectivity index (χ4v) is 7.21. The van der Waals surface area contributed by atoms with E-state index in [9.17, 15) is 19.2 Å². The van der Waals surface area contributed by atoms with Gasteiger partial charge in [-0.15, -0.1) is 0 Å². The van der Waals surface area contributed by atoms with Gasteiger partial charge in [0.2, 0.25) is 11.8 Å². The lowest BCUT2D eigenvalue weighted by atomic mass is 9.84. The van der Waals surface area contributed by atoms with E-state index < -0.39 is 17.7 Å². The minimum atomic E-state index is -0.643. The molecule has 0 saturated heterocycles. The summed E-state index contributed by atoms with van der Waals surface area (Å²) in [5, 5.41) is 8.78. The second-order valence-corrected chi connectivity index (χ2v) is 13.8. The lowest BCUT2D eigenvalue weighted by Crippen LogP contribution is -2.25. The molecule has 14 nitrogen and oxygen atoms in total. The smallest absolute Gasteiger partial charge is 0.270 e. The number of hydrogen-bond acceptors (Lipinski definition) is 10. The molecule has 280 valence electrons. The van der Waals surface area contributed by atoms with Crippen molar-refractivity contribution in [1.82, 2.24) is 20.9 Å². The number of aryl methyl sites for hydroxylation is 2. The molecule has 4 amide bonds. The summed E-state index contributed by atoms with van der Waals surface area (Å²) >= 11 is 0. The molecule has 2 fully saturated rings. The van der Waals surface area contributed by atoms with Gasteiger partial charge >= 0.3 is 0 Å². The molecule has 2 aliphatic carbocycles. The van der Waals surface area contributed by atoms with Gasteiger partial charge < -0.3 is 20.3 Å². The van der Waals surface area contributed by atoms with Crippen molar-refractivity contribution in [2.75, 3.05) is 6.61 Å². The molecule has 2 aromatic rings. The highest BCUT2D eigenvalue weighted by molar-refractivity contribution is 5.92. The average Bonchev–Trinajstić information content (AvgIpc) is 3.70. The van der Waals surface area contributed by atoms with E-state index in [0.29, 0.717) is 29.9 Å². The second-order valence-electron chi connectivity index (χ2n) is 13.8. The van der Waals surface area contributed by atoms with Crippen molar-refractivity contribution in [2.45, 2.75) is 148 Å². The first-order chi connectivity index (χ1) is 24.0. The van der Waals surface area contributed by atoms with Gasteiger partial charge in [-0.05, 0) is 45.4 Å². The monoisotopic (exact) mass is 702 g/mol. The van der Waals surface area contributed by atoms with E-state index in [1.54, 1.807) is 26.3 Å². The Morgan fingerprint density at radius 2 is 1.18 bits per heavy atom. The maximum atomic E-state index is 12.1. The fourth-order valence-electron chi connectivity index (χ4n) is 7.21. The Morgan fingerprint density at radius 3 is 1.54 bits per heavy atom. The zero-order valence-corrected chi connectivity index (χ0v) is 30.1. The predicted octanol–water partition coefficient (Wildman–Crippen LogP) is 6.19. The molecule has 0 bridgehead atoms. The van der Waals surface area contributed by atoms with Crippen LogP contribution in [0.1, 0.15) is 179 Å². The number of nitrogens with zero attached hydrogens (tertiary/aromatic N) is 2. The van der Waals surface area contributed by atoms with Crippen LogP contribution in [-0.2, 0) is 14.4 Å². The van der Waals surface area contributed by atoms with E-state index in [0.717, 1.165) is 50.4 Å². The largest absolute Gasteiger partial charge is 0.445 e. The summed E-state index contributed by atoms with van der Waals surface area (Å²) in [6, 6.07) is 0. The summed E-state index contributed by atoms with van der Waals surface area (Å²) in [6.07, 6.45) is 19.2. The molecule has 2 aliphatic rings. The SMILES string of the molecule is CCONC(=O)C[C@@H](CCCC1CCCCC1)c1nc(C(N)=O)c(C)o1.Cc1oc([C@H](CCCC2CCCCC2)CC(=O)NO)nc1C(N)=O. The van der Waals surface area contributed by atoms with E-state index in [1.807, 2.05) is 0 Å². The quantitative estimate of drug-likeness (QED) is 0.0875. The summed E-state index contributed by atoms with van der Waals surface area (Å²) in [5.41, 5.74) is 14.9. The second kappa shape index (κ2) is 21.4. The number of nitrogens with two attached hydrogens (primary N) is 2.